The van der Waals surface area contributed by atoms with Crippen molar-refractivity contribution in [2.75, 3.05) is 7.11 Å². The summed E-state index contributed by atoms with van der Waals surface area (Å²) in [4.78, 5) is 11.1. The minimum absolute atomic E-state index is 0.0619. The lowest BCUT2D eigenvalue weighted by Crippen LogP contribution is -2.12. The average molecular weight is 303 g/mol. The van der Waals surface area contributed by atoms with Crippen LogP contribution in [0.15, 0.2) is 24.3 Å². The maximum atomic E-state index is 11.1. The molecular formula is C16H21N3O3. The number of benzene rings is 1. The van der Waals surface area contributed by atoms with Crippen molar-refractivity contribution < 1.29 is 14.6 Å². The molecule has 0 atom stereocenters. The first-order valence-electron chi connectivity index (χ1n) is 7.07. The number of carboxylic acid groups (broad SMARTS) is 1. The van der Waals surface area contributed by atoms with Crippen molar-refractivity contribution in [2.24, 2.45) is 0 Å². The van der Waals surface area contributed by atoms with E-state index in [0.717, 1.165) is 5.56 Å². The van der Waals surface area contributed by atoms with Crippen molar-refractivity contribution in [1.29, 1.82) is 0 Å². The highest BCUT2D eigenvalue weighted by atomic mass is 16.5. The molecule has 0 amide bonds. The molecule has 0 aliphatic heterocycles. The lowest BCUT2D eigenvalue weighted by atomic mass is 9.87. The van der Waals surface area contributed by atoms with Gasteiger partial charge in [0.1, 0.15) is 0 Å². The summed E-state index contributed by atoms with van der Waals surface area (Å²) in [5, 5.41) is 16.8. The molecule has 0 unspecified atom stereocenters. The van der Waals surface area contributed by atoms with E-state index in [1.807, 2.05) is 12.1 Å². The minimum Gasteiger partial charge on any atom is -0.476 e. The fourth-order valence-electron chi connectivity index (χ4n) is 2.19. The van der Waals surface area contributed by atoms with E-state index in [-0.39, 0.29) is 17.7 Å². The van der Waals surface area contributed by atoms with Crippen LogP contribution in [-0.2, 0) is 23.3 Å². The predicted octanol–water partition coefficient (Wildman–Crippen LogP) is 2.47. The second-order valence-corrected chi connectivity index (χ2v) is 6.23. The molecule has 118 valence electrons. The molecule has 2 rings (SSSR count). The van der Waals surface area contributed by atoms with Gasteiger partial charge in [-0.1, -0.05) is 50.3 Å². The number of carbonyl (C=O) groups is 1. The quantitative estimate of drug-likeness (QED) is 0.918. The standard InChI is InChI=1S/C16H21N3O3/c1-16(2,3)12-7-5-11(6-8-12)9-19-13(10-22-4)14(15(20)21)17-18-19/h5-8H,9-10H2,1-4H3,(H,20,21). The summed E-state index contributed by atoms with van der Waals surface area (Å²) in [6, 6.07) is 8.22. The first-order chi connectivity index (χ1) is 10.3. The van der Waals surface area contributed by atoms with Crippen molar-refractivity contribution >= 4 is 5.97 Å². The Hall–Kier alpha value is -2.21. The van der Waals surface area contributed by atoms with Crippen LogP contribution in [-0.4, -0.2) is 33.2 Å². The molecule has 1 N–H and O–H groups in total. The number of aromatic carboxylic acids is 1. The molecule has 0 bridgehead atoms. The summed E-state index contributed by atoms with van der Waals surface area (Å²) in [7, 11) is 1.51. The highest BCUT2D eigenvalue weighted by Gasteiger charge is 2.19. The van der Waals surface area contributed by atoms with E-state index in [9.17, 15) is 4.79 Å². The van der Waals surface area contributed by atoms with E-state index in [1.54, 1.807) is 4.68 Å². The van der Waals surface area contributed by atoms with Crippen LogP contribution in [0.4, 0.5) is 0 Å². The van der Waals surface area contributed by atoms with Gasteiger partial charge in [-0.05, 0) is 16.5 Å². The van der Waals surface area contributed by atoms with Crippen molar-refractivity contribution in [3.05, 3.63) is 46.8 Å². The second-order valence-electron chi connectivity index (χ2n) is 6.23. The SMILES string of the molecule is COCc1c(C(=O)O)nnn1Cc1ccc(C(C)(C)C)cc1. The monoisotopic (exact) mass is 303 g/mol. The van der Waals surface area contributed by atoms with Gasteiger partial charge >= 0.3 is 5.97 Å². The van der Waals surface area contributed by atoms with Crippen molar-refractivity contribution in [3.63, 3.8) is 0 Å². The van der Waals surface area contributed by atoms with Gasteiger partial charge in [0.05, 0.1) is 18.8 Å². The largest absolute Gasteiger partial charge is 0.476 e. The number of hydrogen-bond acceptors (Lipinski definition) is 4. The number of ether oxygens (including phenoxy) is 1. The van der Waals surface area contributed by atoms with Crippen LogP contribution in [0.25, 0.3) is 0 Å². The van der Waals surface area contributed by atoms with E-state index in [4.69, 9.17) is 9.84 Å². The molecule has 0 saturated heterocycles. The fourth-order valence-corrected chi connectivity index (χ4v) is 2.19. The predicted molar refractivity (Wildman–Crippen MR) is 81.9 cm³/mol. The van der Waals surface area contributed by atoms with Crippen LogP contribution in [0.3, 0.4) is 0 Å². The Morgan fingerprint density at radius 2 is 1.91 bits per heavy atom. The summed E-state index contributed by atoms with van der Waals surface area (Å²) in [5.74, 6) is -1.10. The van der Waals surface area contributed by atoms with Crippen molar-refractivity contribution in [1.82, 2.24) is 15.0 Å². The number of rotatable bonds is 5. The summed E-state index contributed by atoms with van der Waals surface area (Å²) < 4.78 is 6.62. The van der Waals surface area contributed by atoms with E-state index >= 15 is 0 Å². The lowest BCUT2D eigenvalue weighted by Gasteiger charge is -2.19. The van der Waals surface area contributed by atoms with E-state index in [2.05, 4.69) is 43.2 Å². The molecule has 0 fully saturated rings. The van der Waals surface area contributed by atoms with E-state index in [1.165, 1.54) is 12.7 Å². The maximum absolute atomic E-state index is 11.1. The Bertz CT molecular complexity index is 654. The third-order valence-electron chi connectivity index (χ3n) is 3.47. The van der Waals surface area contributed by atoms with Crippen LogP contribution in [0, 0.1) is 0 Å². The first kappa shape index (κ1) is 16.2. The van der Waals surface area contributed by atoms with Gasteiger partial charge in [-0.2, -0.15) is 0 Å². The second kappa shape index (κ2) is 6.27. The van der Waals surface area contributed by atoms with E-state index in [0.29, 0.717) is 12.2 Å². The molecule has 0 aliphatic rings. The summed E-state index contributed by atoms with van der Waals surface area (Å²) >= 11 is 0. The molecule has 1 aromatic heterocycles. The normalized spacial score (nSPS) is 11.6. The number of hydrogen-bond donors (Lipinski definition) is 1. The average Bonchev–Trinajstić information content (AvgIpc) is 2.82. The third kappa shape index (κ3) is 3.51. The van der Waals surface area contributed by atoms with Crippen LogP contribution < -0.4 is 0 Å². The minimum atomic E-state index is -1.10. The number of methoxy groups -OCH3 is 1. The smallest absolute Gasteiger partial charge is 0.358 e. The Morgan fingerprint density at radius 3 is 2.41 bits per heavy atom. The molecule has 1 aromatic carbocycles. The molecule has 6 nitrogen and oxygen atoms in total. The van der Waals surface area contributed by atoms with Gasteiger partial charge in [-0.3, -0.25) is 0 Å². The number of aromatic nitrogens is 3. The van der Waals surface area contributed by atoms with Crippen LogP contribution in [0.5, 0.6) is 0 Å². The lowest BCUT2D eigenvalue weighted by molar-refractivity contribution is 0.0684. The molecule has 0 radical (unpaired) electrons. The van der Waals surface area contributed by atoms with Crippen molar-refractivity contribution in [2.45, 2.75) is 39.3 Å². The van der Waals surface area contributed by atoms with Gasteiger partial charge in [0.2, 0.25) is 0 Å². The summed E-state index contributed by atoms with van der Waals surface area (Å²) in [6.07, 6.45) is 0. The molecule has 0 spiro atoms. The van der Waals surface area contributed by atoms with Gasteiger partial charge in [-0.15, -0.1) is 5.10 Å². The zero-order chi connectivity index (χ0) is 16.3. The summed E-state index contributed by atoms with van der Waals surface area (Å²) in [5.41, 5.74) is 2.79. The van der Waals surface area contributed by atoms with Crippen LogP contribution in [0.2, 0.25) is 0 Å². The zero-order valence-electron chi connectivity index (χ0n) is 13.3. The fraction of sp³-hybridized carbons (Fsp3) is 0.438. The molecule has 6 heteroatoms. The van der Waals surface area contributed by atoms with Gasteiger partial charge in [0.25, 0.3) is 0 Å². The summed E-state index contributed by atoms with van der Waals surface area (Å²) in [6.45, 7) is 7.11. The van der Waals surface area contributed by atoms with Gasteiger partial charge < -0.3 is 9.84 Å². The number of nitrogens with zero attached hydrogens (tertiary/aromatic N) is 3. The van der Waals surface area contributed by atoms with Crippen LogP contribution >= 0.6 is 0 Å². The third-order valence-corrected chi connectivity index (χ3v) is 3.47. The van der Waals surface area contributed by atoms with E-state index < -0.39 is 5.97 Å². The Labute approximate surface area is 129 Å². The highest BCUT2D eigenvalue weighted by Crippen LogP contribution is 2.22. The van der Waals surface area contributed by atoms with Gasteiger partial charge in [0.15, 0.2) is 5.69 Å². The van der Waals surface area contributed by atoms with Gasteiger partial charge in [0, 0.05) is 7.11 Å². The molecule has 1 heterocycles. The highest BCUT2D eigenvalue weighted by molar-refractivity contribution is 5.86. The van der Waals surface area contributed by atoms with Crippen LogP contribution in [0.1, 0.15) is 48.1 Å². The Balaban J connectivity index is 2.25. The molecule has 0 saturated carbocycles. The van der Waals surface area contributed by atoms with Gasteiger partial charge in [-0.25, -0.2) is 9.48 Å². The Morgan fingerprint density at radius 1 is 1.27 bits per heavy atom. The Kier molecular flexibility index (Phi) is 4.61. The molecule has 2 aromatic rings. The van der Waals surface area contributed by atoms with Crippen molar-refractivity contribution in [3.8, 4) is 0 Å². The zero-order valence-corrected chi connectivity index (χ0v) is 13.3. The topological polar surface area (TPSA) is 77.2 Å². The maximum Gasteiger partial charge on any atom is 0.358 e. The number of carboxylic acids is 1. The molecular weight excluding hydrogens is 282 g/mol. The molecule has 22 heavy (non-hydrogen) atoms. The first-order valence-corrected chi connectivity index (χ1v) is 7.07. The molecule has 0 aliphatic carbocycles.